The lowest BCUT2D eigenvalue weighted by Gasteiger charge is -1.99. The third-order valence-corrected chi connectivity index (χ3v) is 3.62. The second-order valence-electron chi connectivity index (χ2n) is 5.25. The summed E-state index contributed by atoms with van der Waals surface area (Å²) in [6, 6.07) is 13.2. The first kappa shape index (κ1) is 15.7. The van der Waals surface area contributed by atoms with E-state index in [1.54, 1.807) is 6.21 Å². The van der Waals surface area contributed by atoms with Crippen LogP contribution in [0.5, 0.6) is 0 Å². The zero-order chi connectivity index (χ0) is 16.9. The first-order valence-electron chi connectivity index (χ1n) is 7.47. The summed E-state index contributed by atoms with van der Waals surface area (Å²) < 4.78 is 14.9. The minimum Gasteiger partial charge on any atom is -0.343 e. The summed E-state index contributed by atoms with van der Waals surface area (Å²) in [7, 11) is 0. The fourth-order valence-corrected chi connectivity index (χ4v) is 2.49. The molecular formula is C19H16FN3O. The van der Waals surface area contributed by atoms with Crippen LogP contribution >= 0.6 is 0 Å². The van der Waals surface area contributed by atoms with Gasteiger partial charge in [-0.15, -0.1) is 6.58 Å². The maximum absolute atomic E-state index is 12.9. The average molecular weight is 321 g/mol. The number of hydrogen-bond acceptors (Lipinski definition) is 2. The van der Waals surface area contributed by atoms with Crippen molar-refractivity contribution in [1.29, 1.82) is 0 Å². The highest BCUT2D eigenvalue weighted by molar-refractivity contribution is 6.00. The number of nitrogens with one attached hydrogen (secondary N) is 1. The third-order valence-electron chi connectivity index (χ3n) is 3.62. The summed E-state index contributed by atoms with van der Waals surface area (Å²) in [4.78, 5) is 12.0. The standard InChI is InChI=1S/C19H16FN3O/c1-2-11-23-13-15(17-5-3-4-6-18(17)23)12-21-22-19(24)14-7-9-16(20)10-8-14/h2-10,12-13H,1,11H2,(H,22,24)/b21-12-. The molecule has 2 aromatic carbocycles. The maximum Gasteiger partial charge on any atom is 0.271 e. The number of amides is 1. The first-order chi connectivity index (χ1) is 11.7. The molecule has 0 unspecified atom stereocenters. The van der Waals surface area contributed by atoms with E-state index in [2.05, 4.69) is 21.7 Å². The van der Waals surface area contributed by atoms with Crippen molar-refractivity contribution < 1.29 is 9.18 Å². The van der Waals surface area contributed by atoms with Crippen molar-refractivity contribution in [3.63, 3.8) is 0 Å². The highest BCUT2D eigenvalue weighted by Gasteiger charge is 2.06. The van der Waals surface area contributed by atoms with Crippen LogP contribution in [0.2, 0.25) is 0 Å². The van der Waals surface area contributed by atoms with Gasteiger partial charge in [0.2, 0.25) is 0 Å². The van der Waals surface area contributed by atoms with Crippen LogP contribution in [0.15, 0.2) is 72.5 Å². The fraction of sp³-hybridized carbons (Fsp3) is 0.0526. The van der Waals surface area contributed by atoms with Gasteiger partial charge in [0.05, 0.1) is 6.21 Å². The second kappa shape index (κ2) is 6.91. The Morgan fingerprint density at radius 2 is 1.96 bits per heavy atom. The molecule has 0 atom stereocenters. The molecule has 0 fully saturated rings. The fourth-order valence-electron chi connectivity index (χ4n) is 2.49. The molecule has 1 amide bonds. The molecule has 0 bridgehead atoms. The van der Waals surface area contributed by atoms with Crippen molar-refractivity contribution in [3.8, 4) is 0 Å². The molecule has 0 spiro atoms. The third kappa shape index (κ3) is 3.25. The van der Waals surface area contributed by atoms with Crippen LogP contribution in [-0.4, -0.2) is 16.7 Å². The van der Waals surface area contributed by atoms with E-state index in [4.69, 9.17) is 0 Å². The van der Waals surface area contributed by atoms with E-state index in [1.807, 2.05) is 36.5 Å². The Morgan fingerprint density at radius 1 is 1.21 bits per heavy atom. The van der Waals surface area contributed by atoms with Crippen LogP contribution in [-0.2, 0) is 6.54 Å². The Kier molecular flexibility index (Phi) is 4.52. The SMILES string of the molecule is C=CCn1cc(/C=N\NC(=O)c2ccc(F)cc2)c2ccccc21. The lowest BCUT2D eigenvalue weighted by molar-refractivity contribution is 0.0955. The molecule has 0 saturated heterocycles. The summed E-state index contributed by atoms with van der Waals surface area (Å²) in [5.74, 6) is -0.772. The maximum atomic E-state index is 12.9. The Hall–Kier alpha value is -3.21. The van der Waals surface area contributed by atoms with E-state index in [-0.39, 0.29) is 11.7 Å². The molecule has 24 heavy (non-hydrogen) atoms. The van der Waals surface area contributed by atoms with E-state index in [1.165, 1.54) is 24.3 Å². The number of hydrogen-bond donors (Lipinski definition) is 1. The minimum absolute atomic E-state index is 0.350. The summed E-state index contributed by atoms with van der Waals surface area (Å²) in [6.07, 6.45) is 5.38. The van der Waals surface area contributed by atoms with E-state index in [0.717, 1.165) is 16.5 Å². The van der Waals surface area contributed by atoms with Crippen LogP contribution < -0.4 is 5.43 Å². The van der Waals surface area contributed by atoms with E-state index in [0.29, 0.717) is 12.1 Å². The molecule has 120 valence electrons. The van der Waals surface area contributed by atoms with Crippen molar-refractivity contribution in [1.82, 2.24) is 9.99 Å². The van der Waals surface area contributed by atoms with Crippen LogP contribution in [0.25, 0.3) is 10.9 Å². The molecular weight excluding hydrogens is 305 g/mol. The van der Waals surface area contributed by atoms with Gasteiger partial charge in [0.15, 0.2) is 0 Å². The number of para-hydroxylation sites is 1. The number of allylic oxidation sites excluding steroid dienone is 1. The van der Waals surface area contributed by atoms with Gasteiger partial charge in [-0.3, -0.25) is 4.79 Å². The largest absolute Gasteiger partial charge is 0.343 e. The number of rotatable bonds is 5. The van der Waals surface area contributed by atoms with Crippen molar-refractivity contribution in [2.45, 2.75) is 6.54 Å². The van der Waals surface area contributed by atoms with Crippen molar-refractivity contribution in [2.24, 2.45) is 5.10 Å². The molecule has 0 saturated carbocycles. The summed E-state index contributed by atoms with van der Waals surface area (Å²) in [6.45, 7) is 4.45. The van der Waals surface area contributed by atoms with Gasteiger partial charge in [-0.1, -0.05) is 24.3 Å². The Labute approximate surface area is 138 Å². The van der Waals surface area contributed by atoms with Gasteiger partial charge in [0.25, 0.3) is 5.91 Å². The Bertz CT molecular complexity index is 910. The summed E-state index contributed by atoms with van der Waals surface area (Å²) in [5.41, 5.74) is 4.77. The average Bonchev–Trinajstić information content (AvgIpc) is 2.94. The van der Waals surface area contributed by atoms with Crippen LogP contribution in [0, 0.1) is 5.82 Å². The van der Waals surface area contributed by atoms with Gasteiger partial charge in [0, 0.05) is 34.8 Å². The molecule has 0 radical (unpaired) electrons. The van der Waals surface area contributed by atoms with Gasteiger partial charge < -0.3 is 4.57 Å². The molecule has 3 aromatic rings. The quantitative estimate of drug-likeness (QED) is 0.434. The Morgan fingerprint density at radius 3 is 2.71 bits per heavy atom. The van der Waals surface area contributed by atoms with E-state index >= 15 is 0 Å². The smallest absolute Gasteiger partial charge is 0.271 e. The molecule has 3 rings (SSSR count). The van der Waals surface area contributed by atoms with Crippen LogP contribution in [0.1, 0.15) is 15.9 Å². The van der Waals surface area contributed by atoms with E-state index in [9.17, 15) is 9.18 Å². The predicted molar refractivity (Wildman–Crippen MR) is 93.6 cm³/mol. The highest BCUT2D eigenvalue weighted by Crippen LogP contribution is 2.19. The summed E-state index contributed by atoms with van der Waals surface area (Å²) >= 11 is 0. The first-order valence-corrected chi connectivity index (χ1v) is 7.47. The normalized spacial score (nSPS) is 11.0. The number of carbonyl (C=O) groups excluding carboxylic acids is 1. The molecule has 0 aliphatic heterocycles. The van der Waals surface area contributed by atoms with Gasteiger partial charge in [0.1, 0.15) is 5.82 Å². The number of halogens is 1. The molecule has 0 aliphatic carbocycles. The highest BCUT2D eigenvalue weighted by atomic mass is 19.1. The number of hydrazone groups is 1. The number of benzene rings is 2. The lowest BCUT2D eigenvalue weighted by Crippen LogP contribution is -2.17. The number of carbonyl (C=O) groups is 1. The topological polar surface area (TPSA) is 46.4 Å². The number of nitrogens with zero attached hydrogens (tertiary/aromatic N) is 2. The summed E-state index contributed by atoms with van der Waals surface area (Å²) in [5, 5.41) is 5.05. The van der Waals surface area contributed by atoms with Crippen LogP contribution in [0.3, 0.4) is 0 Å². The predicted octanol–water partition coefficient (Wildman–Crippen LogP) is 3.73. The van der Waals surface area contributed by atoms with Gasteiger partial charge in [-0.2, -0.15) is 5.10 Å². The number of aromatic nitrogens is 1. The molecule has 4 nitrogen and oxygen atoms in total. The Balaban J connectivity index is 1.79. The molecule has 1 heterocycles. The van der Waals surface area contributed by atoms with Crippen molar-refractivity contribution >= 4 is 23.0 Å². The van der Waals surface area contributed by atoms with Crippen molar-refractivity contribution in [2.75, 3.05) is 0 Å². The van der Waals surface area contributed by atoms with Crippen molar-refractivity contribution in [3.05, 3.63) is 84.3 Å². The molecule has 1 N–H and O–H groups in total. The zero-order valence-electron chi connectivity index (χ0n) is 12.9. The molecule has 5 heteroatoms. The van der Waals surface area contributed by atoms with Crippen LogP contribution in [0.4, 0.5) is 4.39 Å². The zero-order valence-corrected chi connectivity index (χ0v) is 12.9. The van der Waals surface area contributed by atoms with Gasteiger partial charge in [-0.25, -0.2) is 9.82 Å². The van der Waals surface area contributed by atoms with Gasteiger partial charge >= 0.3 is 0 Å². The number of fused-ring (bicyclic) bond motifs is 1. The molecule has 0 aliphatic rings. The second-order valence-corrected chi connectivity index (χ2v) is 5.25. The lowest BCUT2D eigenvalue weighted by atomic mass is 10.2. The van der Waals surface area contributed by atoms with Gasteiger partial charge in [-0.05, 0) is 30.3 Å². The molecule has 1 aromatic heterocycles. The minimum atomic E-state index is -0.388. The van der Waals surface area contributed by atoms with E-state index < -0.39 is 0 Å². The monoisotopic (exact) mass is 321 g/mol.